The molecule has 1 atom stereocenters. The van der Waals surface area contributed by atoms with Crippen molar-refractivity contribution in [2.75, 3.05) is 6.61 Å². The monoisotopic (exact) mass is 635 g/mol. The topological polar surface area (TPSA) is 65.6 Å². The zero-order valence-corrected chi connectivity index (χ0v) is 25.1. The summed E-state index contributed by atoms with van der Waals surface area (Å²) < 4.78 is 51.8. The smallest absolute Gasteiger partial charge is 0.434 e. The number of ether oxygens (including phenoxy) is 1. The molecule has 0 bridgehead atoms. The van der Waals surface area contributed by atoms with Gasteiger partial charge in [-0.15, -0.1) is 0 Å². The Morgan fingerprint density at radius 1 is 1.05 bits per heavy atom. The van der Waals surface area contributed by atoms with Crippen molar-refractivity contribution >= 4 is 45.9 Å². The molecule has 0 unspecified atom stereocenters. The van der Waals surface area contributed by atoms with Crippen molar-refractivity contribution in [1.82, 2.24) is 9.13 Å². The minimum atomic E-state index is -4.98. The van der Waals surface area contributed by atoms with E-state index in [0.29, 0.717) is 11.6 Å². The number of carbonyl (C=O) groups excluding carboxylic acids is 1. The van der Waals surface area contributed by atoms with Crippen LogP contribution in [0.5, 0.6) is 0 Å². The van der Waals surface area contributed by atoms with Gasteiger partial charge >= 0.3 is 12.1 Å². The van der Waals surface area contributed by atoms with Crippen LogP contribution in [0, 0.1) is 6.92 Å². The van der Waals surface area contributed by atoms with Crippen LogP contribution in [0.2, 0.25) is 5.02 Å². The molecule has 0 saturated carbocycles. The lowest BCUT2D eigenvalue weighted by molar-refractivity contribution is -0.140. The van der Waals surface area contributed by atoms with Crippen LogP contribution in [0.3, 0.4) is 0 Å². The van der Waals surface area contributed by atoms with Gasteiger partial charge in [0.15, 0.2) is 10.5 Å². The maximum absolute atomic E-state index is 14.4. The van der Waals surface area contributed by atoms with Crippen molar-refractivity contribution in [2.24, 2.45) is 4.99 Å². The molecule has 0 amide bonds. The molecule has 6 rings (SSSR count). The van der Waals surface area contributed by atoms with Crippen LogP contribution in [0.15, 0.2) is 99.9 Å². The molecule has 2 aromatic heterocycles. The van der Waals surface area contributed by atoms with Crippen LogP contribution in [-0.2, 0) is 16.1 Å². The van der Waals surface area contributed by atoms with Crippen LogP contribution < -0.4 is 14.9 Å². The van der Waals surface area contributed by atoms with E-state index in [4.69, 9.17) is 16.3 Å². The van der Waals surface area contributed by atoms with E-state index in [2.05, 4.69) is 9.56 Å². The first-order chi connectivity index (χ1) is 21.1. The number of esters is 1. The average molecular weight is 636 g/mol. The van der Waals surface area contributed by atoms with Gasteiger partial charge in [-0.2, -0.15) is 13.2 Å². The molecule has 1 aliphatic rings. The van der Waals surface area contributed by atoms with E-state index in [1.165, 1.54) is 31.2 Å². The van der Waals surface area contributed by atoms with Gasteiger partial charge in [-0.3, -0.25) is 9.36 Å². The summed E-state index contributed by atoms with van der Waals surface area (Å²) in [6.07, 6.45) is -3.29. The highest BCUT2D eigenvalue weighted by Gasteiger charge is 2.45. The zero-order chi connectivity index (χ0) is 31.2. The number of benzene rings is 3. The van der Waals surface area contributed by atoms with E-state index in [-0.39, 0.29) is 21.5 Å². The van der Waals surface area contributed by atoms with Gasteiger partial charge in [0.2, 0.25) is 0 Å². The molecule has 11 heteroatoms. The molecule has 0 saturated heterocycles. The van der Waals surface area contributed by atoms with Crippen molar-refractivity contribution in [3.8, 4) is 0 Å². The molecule has 224 valence electrons. The number of thiazole rings is 1. The highest BCUT2D eigenvalue weighted by Crippen LogP contribution is 2.38. The summed E-state index contributed by atoms with van der Waals surface area (Å²) in [5.41, 5.74) is 1.25. The molecule has 5 aromatic rings. The predicted molar refractivity (Wildman–Crippen MR) is 164 cm³/mol. The number of hydrogen-bond acceptors (Lipinski definition) is 5. The van der Waals surface area contributed by atoms with E-state index in [0.717, 1.165) is 43.6 Å². The minimum Gasteiger partial charge on any atom is -0.463 e. The van der Waals surface area contributed by atoms with Gasteiger partial charge in [0.05, 0.1) is 22.8 Å². The Hall–Kier alpha value is -4.41. The standard InChI is InChI=1S/C33H25ClF3N3O3S/c1-3-43-31(42)27-28(21-13-15-22(34)16-14-21)40-30(41)26(44-32(40)38-29(27)33(35,36)37)17-24-19(2)39(18-20-9-5-4-6-10-20)25-12-8-7-11-23(24)25/h4-17,28H,3,18H2,1-2H3/b26-17-/t28-/m1/s1. The Morgan fingerprint density at radius 2 is 1.73 bits per heavy atom. The second-order valence-electron chi connectivity index (χ2n) is 10.2. The second-order valence-corrected chi connectivity index (χ2v) is 11.6. The number of carbonyl (C=O) groups is 1. The fourth-order valence-electron chi connectivity index (χ4n) is 5.54. The van der Waals surface area contributed by atoms with Crippen molar-refractivity contribution in [3.63, 3.8) is 0 Å². The number of allylic oxidation sites excluding steroid dienone is 1. The average Bonchev–Trinajstić information content (AvgIpc) is 3.45. The van der Waals surface area contributed by atoms with Crippen LogP contribution in [0.25, 0.3) is 17.0 Å². The number of halogens is 4. The Bertz CT molecular complexity index is 2110. The maximum atomic E-state index is 14.4. The van der Waals surface area contributed by atoms with E-state index in [1.807, 2.05) is 61.5 Å². The molecular weight excluding hydrogens is 611 g/mol. The van der Waals surface area contributed by atoms with Gasteiger partial charge in [0.25, 0.3) is 5.56 Å². The first kappa shape index (κ1) is 29.7. The van der Waals surface area contributed by atoms with Gasteiger partial charge < -0.3 is 9.30 Å². The number of hydrogen-bond donors (Lipinski definition) is 0. The molecule has 0 radical (unpaired) electrons. The first-order valence-electron chi connectivity index (χ1n) is 13.8. The number of rotatable bonds is 6. The Labute approximate surface area is 258 Å². The van der Waals surface area contributed by atoms with Crippen LogP contribution in [-0.4, -0.2) is 27.9 Å². The van der Waals surface area contributed by atoms with E-state index in [9.17, 15) is 22.8 Å². The molecule has 6 nitrogen and oxygen atoms in total. The fraction of sp³-hybridized carbons (Fsp3) is 0.182. The summed E-state index contributed by atoms with van der Waals surface area (Å²) in [6.45, 7) is 3.88. The predicted octanol–water partition coefficient (Wildman–Crippen LogP) is 6.31. The number of nitrogens with zero attached hydrogens (tertiary/aromatic N) is 3. The summed E-state index contributed by atoms with van der Waals surface area (Å²) >= 11 is 6.91. The summed E-state index contributed by atoms with van der Waals surface area (Å²) in [5.74, 6) is -1.20. The van der Waals surface area contributed by atoms with Crippen LogP contribution in [0.4, 0.5) is 13.2 Å². The van der Waals surface area contributed by atoms with Gasteiger partial charge in [-0.05, 0) is 49.2 Å². The van der Waals surface area contributed by atoms with E-state index >= 15 is 0 Å². The zero-order valence-electron chi connectivity index (χ0n) is 23.6. The minimum absolute atomic E-state index is 0.155. The summed E-state index contributed by atoms with van der Waals surface area (Å²) in [7, 11) is 0. The highest BCUT2D eigenvalue weighted by atomic mass is 35.5. The molecule has 0 spiro atoms. The molecule has 44 heavy (non-hydrogen) atoms. The second kappa shape index (κ2) is 11.6. The lowest BCUT2D eigenvalue weighted by atomic mass is 9.95. The van der Waals surface area contributed by atoms with Crippen molar-refractivity contribution < 1.29 is 22.7 Å². The molecular formula is C33H25ClF3N3O3S. The third kappa shape index (κ3) is 5.28. The molecule has 1 aliphatic heterocycles. The van der Waals surface area contributed by atoms with Crippen LogP contribution in [0.1, 0.15) is 35.3 Å². The number of para-hydroxylation sites is 1. The largest absolute Gasteiger partial charge is 0.463 e. The van der Waals surface area contributed by atoms with Gasteiger partial charge in [-0.25, -0.2) is 9.79 Å². The third-order valence-electron chi connectivity index (χ3n) is 7.52. The summed E-state index contributed by atoms with van der Waals surface area (Å²) in [5, 5.41) is 1.24. The lowest BCUT2D eigenvalue weighted by Crippen LogP contribution is -2.41. The molecule has 3 aromatic carbocycles. The quantitative estimate of drug-likeness (QED) is 0.206. The van der Waals surface area contributed by atoms with E-state index in [1.54, 1.807) is 6.08 Å². The third-order valence-corrected chi connectivity index (χ3v) is 8.75. The van der Waals surface area contributed by atoms with Crippen LogP contribution >= 0.6 is 22.9 Å². The number of aromatic nitrogens is 2. The molecule has 0 aliphatic carbocycles. The highest BCUT2D eigenvalue weighted by molar-refractivity contribution is 7.07. The molecule has 3 heterocycles. The SMILES string of the molecule is CCOC(=O)C1=C(C(F)(F)F)N=c2s/c(=C\c3c(C)n(Cc4ccccc4)c4ccccc34)c(=O)n2[C@@H]1c1ccc(Cl)cc1. The number of alkyl halides is 3. The van der Waals surface area contributed by atoms with Crippen molar-refractivity contribution in [3.05, 3.63) is 137 Å². The van der Waals surface area contributed by atoms with Gasteiger partial charge in [0, 0.05) is 33.7 Å². The normalized spacial score (nSPS) is 15.4. The Kier molecular flexibility index (Phi) is 7.81. The van der Waals surface area contributed by atoms with Crippen molar-refractivity contribution in [2.45, 2.75) is 32.6 Å². The first-order valence-corrected chi connectivity index (χ1v) is 15.0. The fourth-order valence-corrected chi connectivity index (χ4v) is 6.65. The van der Waals surface area contributed by atoms with E-state index < -0.39 is 35.0 Å². The molecule has 0 fully saturated rings. The Balaban J connectivity index is 1.60. The van der Waals surface area contributed by atoms with Crippen molar-refractivity contribution in [1.29, 1.82) is 0 Å². The molecule has 0 N–H and O–H groups in total. The lowest BCUT2D eigenvalue weighted by Gasteiger charge is -2.26. The summed E-state index contributed by atoms with van der Waals surface area (Å²) in [4.78, 5) is 30.8. The van der Waals surface area contributed by atoms with Gasteiger partial charge in [0.1, 0.15) is 0 Å². The number of fused-ring (bicyclic) bond motifs is 2. The Morgan fingerprint density at radius 3 is 2.41 bits per heavy atom. The van der Waals surface area contributed by atoms with Gasteiger partial charge in [-0.1, -0.05) is 83.6 Å². The summed E-state index contributed by atoms with van der Waals surface area (Å²) in [6, 6.07) is 22.3. The maximum Gasteiger partial charge on any atom is 0.434 e.